The van der Waals surface area contributed by atoms with Crippen molar-refractivity contribution < 1.29 is 19.2 Å². The quantitative estimate of drug-likeness (QED) is 0.586. The third-order valence-corrected chi connectivity index (χ3v) is 3.72. The summed E-state index contributed by atoms with van der Waals surface area (Å²) in [6.07, 6.45) is 0.836. The third kappa shape index (κ3) is 5.05. The number of ether oxygens (including phenoxy) is 1. The van der Waals surface area contributed by atoms with Crippen molar-refractivity contribution in [3.05, 3.63) is 21.3 Å². The maximum Gasteiger partial charge on any atom is 0.410 e. The van der Waals surface area contributed by atoms with Crippen LogP contribution in [0.15, 0.2) is 6.20 Å². The molecule has 11 heteroatoms. The van der Waals surface area contributed by atoms with Crippen molar-refractivity contribution in [2.75, 3.05) is 26.2 Å². The van der Waals surface area contributed by atoms with Gasteiger partial charge in [-0.2, -0.15) is 4.68 Å². The summed E-state index contributed by atoms with van der Waals surface area (Å²) in [6, 6.07) is 0. The lowest BCUT2D eigenvalue weighted by Gasteiger charge is -2.35. The summed E-state index contributed by atoms with van der Waals surface area (Å²) in [4.78, 5) is 37.4. The Morgan fingerprint density at radius 3 is 2.32 bits per heavy atom. The monoisotopic (exact) mass is 373 g/mol. The number of amides is 2. The van der Waals surface area contributed by atoms with Crippen LogP contribution in [0.1, 0.15) is 20.8 Å². The Morgan fingerprint density at radius 2 is 1.84 bits per heavy atom. The number of hydrogen-bond donors (Lipinski definition) is 0. The molecule has 1 aliphatic rings. The van der Waals surface area contributed by atoms with Gasteiger partial charge in [0.2, 0.25) is 5.91 Å². The molecule has 0 bridgehead atoms. The maximum atomic E-state index is 12.3. The Balaban J connectivity index is 1.88. The lowest BCUT2D eigenvalue weighted by atomic mass is 10.2. The zero-order chi connectivity index (χ0) is 18.8. The van der Waals surface area contributed by atoms with Gasteiger partial charge in [-0.25, -0.2) is 4.79 Å². The predicted molar refractivity (Wildman–Crippen MR) is 88.3 cm³/mol. The molecule has 10 nitrogen and oxygen atoms in total. The number of carbonyl (C=O) groups excluding carboxylic acids is 2. The van der Waals surface area contributed by atoms with Gasteiger partial charge < -0.3 is 24.7 Å². The van der Waals surface area contributed by atoms with Crippen LogP contribution in [-0.4, -0.2) is 68.3 Å². The Morgan fingerprint density at radius 1 is 1.28 bits per heavy atom. The number of halogens is 1. The second kappa shape index (κ2) is 7.26. The summed E-state index contributed by atoms with van der Waals surface area (Å²) in [7, 11) is 0. The minimum absolute atomic E-state index is 0.118. The van der Waals surface area contributed by atoms with Crippen molar-refractivity contribution in [3.63, 3.8) is 0 Å². The van der Waals surface area contributed by atoms with Gasteiger partial charge in [0.25, 0.3) is 0 Å². The van der Waals surface area contributed by atoms with E-state index in [9.17, 15) is 19.7 Å². The zero-order valence-electron chi connectivity index (χ0n) is 14.3. The van der Waals surface area contributed by atoms with Crippen molar-refractivity contribution in [2.24, 2.45) is 0 Å². The van der Waals surface area contributed by atoms with Gasteiger partial charge in [0.05, 0.1) is 11.3 Å². The van der Waals surface area contributed by atoms with Crippen LogP contribution in [-0.2, 0) is 16.1 Å². The lowest BCUT2D eigenvalue weighted by Crippen LogP contribution is -2.52. The van der Waals surface area contributed by atoms with Crippen LogP contribution in [0.4, 0.5) is 10.6 Å². The van der Waals surface area contributed by atoms with E-state index in [0.717, 1.165) is 4.68 Å². The molecule has 1 aromatic rings. The van der Waals surface area contributed by atoms with Gasteiger partial charge in [0, 0.05) is 26.2 Å². The van der Waals surface area contributed by atoms with Crippen molar-refractivity contribution in [3.8, 4) is 0 Å². The largest absolute Gasteiger partial charge is 0.444 e. The number of rotatable bonds is 3. The van der Waals surface area contributed by atoms with Crippen LogP contribution in [0.3, 0.4) is 0 Å². The molecule has 0 aromatic carbocycles. The SMILES string of the molecule is CC(C)(C)OC(=O)N1CCN(C(=O)Cn2cc(Cl)c([N+](=O)[O-])n2)CC1. The Labute approximate surface area is 149 Å². The summed E-state index contributed by atoms with van der Waals surface area (Å²) >= 11 is 5.71. The molecule has 1 fully saturated rings. The van der Waals surface area contributed by atoms with E-state index in [-0.39, 0.29) is 17.5 Å². The van der Waals surface area contributed by atoms with Gasteiger partial charge >= 0.3 is 11.9 Å². The lowest BCUT2D eigenvalue weighted by molar-refractivity contribution is -0.389. The van der Waals surface area contributed by atoms with E-state index < -0.39 is 22.4 Å². The highest BCUT2D eigenvalue weighted by Gasteiger charge is 2.28. The van der Waals surface area contributed by atoms with Gasteiger partial charge in [0.1, 0.15) is 12.1 Å². The molecule has 138 valence electrons. The first-order valence-electron chi connectivity index (χ1n) is 7.70. The first-order chi connectivity index (χ1) is 11.6. The number of hydrogen-bond acceptors (Lipinski definition) is 6. The highest BCUT2D eigenvalue weighted by Crippen LogP contribution is 2.21. The third-order valence-electron chi connectivity index (χ3n) is 3.45. The normalized spacial score (nSPS) is 15.2. The van der Waals surface area contributed by atoms with Crippen molar-refractivity contribution in [1.82, 2.24) is 19.6 Å². The average Bonchev–Trinajstić information content (AvgIpc) is 2.86. The van der Waals surface area contributed by atoms with Gasteiger partial charge in [0.15, 0.2) is 5.02 Å². The fraction of sp³-hybridized carbons (Fsp3) is 0.643. The highest BCUT2D eigenvalue weighted by molar-refractivity contribution is 6.32. The predicted octanol–water partition coefficient (Wildman–Crippen LogP) is 1.52. The molecule has 0 saturated carbocycles. The zero-order valence-corrected chi connectivity index (χ0v) is 15.0. The van der Waals surface area contributed by atoms with E-state index in [1.165, 1.54) is 6.20 Å². The second-order valence-corrected chi connectivity index (χ2v) is 7.01. The molecular weight excluding hydrogens is 354 g/mol. The highest BCUT2D eigenvalue weighted by atomic mass is 35.5. The minimum Gasteiger partial charge on any atom is -0.444 e. The van der Waals surface area contributed by atoms with E-state index in [1.807, 2.05) is 0 Å². The first kappa shape index (κ1) is 19.0. The molecule has 0 radical (unpaired) electrons. The molecule has 2 rings (SSSR count). The Bertz CT molecular complexity index is 676. The van der Waals surface area contributed by atoms with Crippen LogP contribution in [0, 0.1) is 10.1 Å². The molecule has 2 amide bonds. The average molecular weight is 374 g/mol. The van der Waals surface area contributed by atoms with Crippen LogP contribution in [0.2, 0.25) is 5.02 Å². The fourth-order valence-electron chi connectivity index (χ4n) is 2.30. The molecule has 0 aliphatic carbocycles. The van der Waals surface area contributed by atoms with E-state index >= 15 is 0 Å². The Hall–Kier alpha value is -2.36. The van der Waals surface area contributed by atoms with Gasteiger partial charge in [-0.3, -0.25) is 4.79 Å². The van der Waals surface area contributed by atoms with Crippen LogP contribution in [0.5, 0.6) is 0 Å². The molecule has 0 spiro atoms. The van der Waals surface area contributed by atoms with Gasteiger partial charge in [-0.15, -0.1) is 0 Å². The minimum atomic E-state index is -0.705. The first-order valence-corrected chi connectivity index (χ1v) is 8.07. The summed E-state index contributed by atoms with van der Waals surface area (Å²) in [5, 5.41) is 14.3. The van der Waals surface area contributed by atoms with Crippen LogP contribution >= 0.6 is 11.6 Å². The van der Waals surface area contributed by atoms with E-state index in [0.29, 0.717) is 26.2 Å². The molecule has 0 unspecified atom stereocenters. The topological polar surface area (TPSA) is 111 Å². The summed E-state index contributed by atoms with van der Waals surface area (Å²) in [5.74, 6) is -0.734. The fourth-order valence-corrected chi connectivity index (χ4v) is 2.51. The number of piperazine rings is 1. The molecule has 0 N–H and O–H groups in total. The molecule has 1 saturated heterocycles. The van der Waals surface area contributed by atoms with Crippen molar-refractivity contribution in [1.29, 1.82) is 0 Å². The molecule has 25 heavy (non-hydrogen) atoms. The summed E-state index contributed by atoms with van der Waals surface area (Å²) in [6.45, 7) is 6.66. The second-order valence-electron chi connectivity index (χ2n) is 6.60. The molecule has 1 aromatic heterocycles. The van der Waals surface area contributed by atoms with Crippen molar-refractivity contribution in [2.45, 2.75) is 32.9 Å². The van der Waals surface area contributed by atoms with Crippen molar-refractivity contribution >= 4 is 29.4 Å². The smallest absolute Gasteiger partial charge is 0.410 e. The van der Waals surface area contributed by atoms with E-state index in [1.54, 1.807) is 30.6 Å². The van der Waals surface area contributed by atoms with Crippen LogP contribution < -0.4 is 0 Å². The number of carbonyl (C=O) groups is 2. The van der Waals surface area contributed by atoms with E-state index in [2.05, 4.69) is 5.10 Å². The molecule has 1 aliphatic heterocycles. The summed E-state index contributed by atoms with van der Waals surface area (Å²) < 4.78 is 6.44. The maximum absolute atomic E-state index is 12.3. The van der Waals surface area contributed by atoms with Gasteiger partial charge in [-0.1, -0.05) is 11.6 Å². The molecular formula is C14H20ClN5O5. The van der Waals surface area contributed by atoms with E-state index in [4.69, 9.17) is 16.3 Å². The molecule has 2 heterocycles. The molecule has 0 atom stereocenters. The number of nitro groups is 1. The Kier molecular flexibility index (Phi) is 5.51. The number of nitrogens with zero attached hydrogens (tertiary/aromatic N) is 5. The van der Waals surface area contributed by atoms with Gasteiger partial charge in [-0.05, 0) is 25.7 Å². The standard InChI is InChI=1S/C14H20ClN5O5/c1-14(2,3)25-13(22)18-6-4-17(5-7-18)11(21)9-19-8-10(15)12(16-19)20(23)24/h8H,4-7,9H2,1-3H3. The van der Waals surface area contributed by atoms with Crippen LogP contribution in [0.25, 0.3) is 0 Å². The summed E-state index contributed by atoms with van der Waals surface area (Å²) in [5.41, 5.74) is -0.571. The number of aromatic nitrogens is 2.